The second-order valence-electron chi connectivity index (χ2n) is 10.7. The molecule has 0 spiro atoms. The Morgan fingerprint density at radius 3 is 2.51 bits per heavy atom. The highest BCUT2D eigenvalue weighted by atomic mass is 32.1. The summed E-state index contributed by atoms with van der Waals surface area (Å²) in [5, 5.41) is 3.39. The smallest absolute Gasteiger partial charge is 0.407 e. The SMILES string of the molecule is Cc1nsc(-c2nc(N3C[C@H](NC(=O)OC(C)(C)C)CC3=O)c3n2CCN(C(=O)c2ccc(F)cc2)[C@@H]3C)n1. The van der Waals surface area contributed by atoms with E-state index in [1.165, 1.54) is 35.8 Å². The maximum atomic E-state index is 13.5. The first kappa shape index (κ1) is 26.7. The van der Waals surface area contributed by atoms with E-state index in [1.54, 1.807) is 37.5 Å². The number of hydrogen-bond donors (Lipinski definition) is 1. The molecule has 1 saturated heterocycles. The van der Waals surface area contributed by atoms with Gasteiger partial charge in [0.15, 0.2) is 16.6 Å². The Bertz CT molecular complexity index is 1430. The minimum absolute atomic E-state index is 0.0887. The van der Waals surface area contributed by atoms with Crippen LogP contribution in [0.4, 0.5) is 15.0 Å². The van der Waals surface area contributed by atoms with E-state index in [4.69, 9.17) is 9.72 Å². The van der Waals surface area contributed by atoms with Crippen LogP contribution in [0.5, 0.6) is 0 Å². The molecule has 2 aromatic heterocycles. The largest absolute Gasteiger partial charge is 0.444 e. The molecule has 11 nitrogen and oxygen atoms in total. The Balaban J connectivity index is 1.48. The number of carbonyl (C=O) groups excluding carboxylic acids is 3. The van der Waals surface area contributed by atoms with E-state index in [1.807, 2.05) is 11.5 Å². The standard InChI is InChI=1S/C26H30FN7O4S/c1-14-20-21(34-13-18(12-19(34)35)29-25(37)38-26(3,4)5)30-22(23-28-15(2)31-39-23)33(20)11-10-32(14)24(36)16-6-8-17(27)9-7-16/h6-9,14,18H,10-13H2,1-5H3,(H,29,37)/t14-,18-/m1/s1. The predicted molar refractivity (Wildman–Crippen MR) is 142 cm³/mol. The minimum Gasteiger partial charge on any atom is -0.444 e. The molecule has 3 aromatic rings. The first-order valence-electron chi connectivity index (χ1n) is 12.7. The second-order valence-corrected chi connectivity index (χ2v) is 11.4. The zero-order valence-corrected chi connectivity index (χ0v) is 23.2. The van der Waals surface area contributed by atoms with Gasteiger partial charge >= 0.3 is 6.09 Å². The van der Waals surface area contributed by atoms with Crippen LogP contribution in [0.3, 0.4) is 0 Å². The van der Waals surface area contributed by atoms with Crippen molar-refractivity contribution in [1.82, 2.24) is 29.1 Å². The number of alkyl carbamates (subject to hydrolysis) is 1. The molecule has 0 unspecified atom stereocenters. The van der Waals surface area contributed by atoms with Gasteiger partial charge in [-0.15, -0.1) is 0 Å². The Morgan fingerprint density at radius 2 is 1.87 bits per heavy atom. The number of carbonyl (C=O) groups is 3. The molecule has 2 aliphatic heterocycles. The Hall–Kier alpha value is -3.87. The van der Waals surface area contributed by atoms with E-state index in [2.05, 4.69) is 14.7 Å². The van der Waals surface area contributed by atoms with Gasteiger partial charge in [-0.1, -0.05) is 0 Å². The molecule has 0 saturated carbocycles. The van der Waals surface area contributed by atoms with Gasteiger partial charge in [0, 0.05) is 31.6 Å². The third-order valence-electron chi connectivity index (χ3n) is 6.59. The third-order valence-corrected chi connectivity index (χ3v) is 7.39. The highest BCUT2D eigenvalue weighted by Crippen LogP contribution is 2.39. The molecule has 206 valence electrons. The fourth-order valence-electron chi connectivity index (χ4n) is 4.91. The molecule has 39 heavy (non-hydrogen) atoms. The second kappa shape index (κ2) is 10.0. The highest BCUT2D eigenvalue weighted by Gasteiger charge is 2.41. The molecular weight excluding hydrogens is 525 g/mol. The lowest BCUT2D eigenvalue weighted by Crippen LogP contribution is -2.42. The average Bonchev–Trinajstić information content (AvgIpc) is 3.54. The monoisotopic (exact) mass is 555 g/mol. The lowest BCUT2D eigenvalue weighted by Gasteiger charge is -2.36. The summed E-state index contributed by atoms with van der Waals surface area (Å²) in [6.45, 7) is 10.0. The fraction of sp³-hybridized carbons (Fsp3) is 0.462. The molecule has 2 aliphatic rings. The molecule has 13 heteroatoms. The molecule has 1 fully saturated rings. The van der Waals surface area contributed by atoms with Crippen molar-refractivity contribution in [3.05, 3.63) is 47.2 Å². The number of benzene rings is 1. The van der Waals surface area contributed by atoms with E-state index in [-0.39, 0.29) is 24.8 Å². The fourth-order valence-corrected chi connectivity index (χ4v) is 5.58. The number of fused-ring (bicyclic) bond motifs is 1. The number of aromatic nitrogens is 4. The number of hydrogen-bond acceptors (Lipinski definition) is 8. The van der Waals surface area contributed by atoms with Crippen molar-refractivity contribution in [2.45, 2.75) is 65.3 Å². The summed E-state index contributed by atoms with van der Waals surface area (Å²) in [6.07, 6.45) is -0.505. The van der Waals surface area contributed by atoms with Gasteiger partial charge in [-0.3, -0.25) is 14.5 Å². The maximum Gasteiger partial charge on any atom is 0.407 e. The number of anilines is 1. The lowest BCUT2D eigenvalue weighted by molar-refractivity contribution is -0.117. The van der Waals surface area contributed by atoms with Crippen LogP contribution in [0.2, 0.25) is 0 Å². The maximum absolute atomic E-state index is 13.5. The average molecular weight is 556 g/mol. The minimum atomic E-state index is -0.667. The number of nitrogens with one attached hydrogen (secondary N) is 1. The van der Waals surface area contributed by atoms with Crippen LogP contribution >= 0.6 is 11.5 Å². The van der Waals surface area contributed by atoms with Crippen molar-refractivity contribution in [3.63, 3.8) is 0 Å². The van der Waals surface area contributed by atoms with Gasteiger partial charge in [0.1, 0.15) is 17.2 Å². The summed E-state index contributed by atoms with van der Waals surface area (Å²) in [5.74, 6) is 0.739. The first-order valence-corrected chi connectivity index (χ1v) is 13.5. The Kier molecular flexibility index (Phi) is 6.87. The molecule has 5 rings (SSSR count). The van der Waals surface area contributed by atoms with Crippen molar-refractivity contribution >= 4 is 35.3 Å². The topological polar surface area (TPSA) is 123 Å². The zero-order valence-electron chi connectivity index (χ0n) is 22.4. The number of halogens is 1. The Morgan fingerprint density at radius 1 is 1.15 bits per heavy atom. The van der Waals surface area contributed by atoms with E-state index >= 15 is 0 Å². The molecule has 1 N–H and O–H groups in total. The van der Waals surface area contributed by atoms with Crippen LogP contribution in [0.25, 0.3) is 10.8 Å². The number of imidazole rings is 1. The van der Waals surface area contributed by atoms with E-state index in [9.17, 15) is 18.8 Å². The highest BCUT2D eigenvalue weighted by molar-refractivity contribution is 7.09. The van der Waals surface area contributed by atoms with Crippen LogP contribution in [0, 0.1) is 12.7 Å². The van der Waals surface area contributed by atoms with Gasteiger partial charge in [0.05, 0.1) is 17.8 Å². The number of nitrogens with zero attached hydrogens (tertiary/aromatic N) is 6. The van der Waals surface area contributed by atoms with Crippen molar-refractivity contribution in [2.24, 2.45) is 0 Å². The lowest BCUT2D eigenvalue weighted by atomic mass is 10.1. The van der Waals surface area contributed by atoms with E-state index < -0.39 is 29.6 Å². The van der Waals surface area contributed by atoms with Crippen LogP contribution in [-0.2, 0) is 16.1 Å². The predicted octanol–water partition coefficient (Wildman–Crippen LogP) is 3.70. The summed E-state index contributed by atoms with van der Waals surface area (Å²) in [7, 11) is 0. The van der Waals surface area contributed by atoms with Gasteiger partial charge in [0.2, 0.25) is 5.91 Å². The van der Waals surface area contributed by atoms with Crippen molar-refractivity contribution in [1.29, 1.82) is 0 Å². The molecule has 4 heterocycles. The summed E-state index contributed by atoms with van der Waals surface area (Å²) in [5.41, 5.74) is 0.391. The van der Waals surface area contributed by atoms with Crippen LogP contribution < -0.4 is 10.2 Å². The third kappa shape index (κ3) is 5.35. The van der Waals surface area contributed by atoms with Crippen molar-refractivity contribution in [2.75, 3.05) is 18.0 Å². The van der Waals surface area contributed by atoms with Crippen LogP contribution in [0.15, 0.2) is 24.3 Å². The Labute approximate surface area is 229 Å². The number of aryl methyl sites for hydroxylation is 1. The van der Waals surface area contributed by atoms with Crippen molar-refractivity contribution < 1.29 is 23.5 Å². The molecule has 3 amide bonds. The summed E-state index contributed by atoms with van der Waals surface area (Å²) >= 11 is 1.22. The van der Waals surface area contributed by atoms with Crippen molar-refractivity contribution in [3.8, 4) is 10.8 Å². The van der Waals surface area contributed by atoms with Crippen LogP contribution in [-0.4, -0.2) is 66.4 Å². The number of rotatable bonds is 4. The quantitative estimate of drug-likeness (QED) is 0.521. The molecule has 1 aromatic carbocycles. The summed E-state index contributed by atoms with van der Waals surface area (Å²) in [4.78, 5) is 51.6. The molecular formula is C26H30FN7O4S. The number of amides is 3. The zero-order chi connectivity index (χ0) is 28.1. The van der Waals surface area contributed by atoms with Crippen LogP contribution in [0.1, 0.15) is 62.0 Å². The molecule has 0 aliphatic carbocycles. The van der Waals surface area contributed by atoms with E-state index in [0.29, 0.717) is 46.8 Å². The number of ether oxygens (including phenoxy) is 1. The van der Waals surface area contributed by atoms with Gasteiger partial charge in [-0.2, -0.15) is 4.37 Å². The first-order chi connectivity index (χ1) is 18.4. The van der Waals surface area contributed by atoms with Gasteiger partial charge in [-0.05, 0) is 70.4 Å². The molecule has 0 radical (unpaired) electrons. The summed E-state index contributed by atoms with van der Waals surface area (Å²) < 4.78 is 25.1. The van der Waals surface area contributed by atoms with Gasteiger partial charge < -0.3 is 19.5 Å². The van der Waals surface area contributed by atoms with Gasteiger partial charge in [-0.25, -0.2) is 19.2 Å². The normalized spacial score (nSPS) is 19.3. The van der Waals surface area contributed by atoms with Gasteiger partial charge in [0.25, 0.3) is 5.91 Å². The summed E-state index contributed by atoms with van der Waals surface area (Å²) in [6, 6.07) is 4.52. The molecule has 2 atom stereocenters. The molecule has 0 bridgehead atoms. The van der Waals surface area contributed by atoms with E-state index in [0.717, 1.165) is 0 Å².